The normalized spacial score (nSPS) is 19.4. The van der Waals surface area contributed by atoms with E-state index in [-0.39, 0.29) is 31.1 Å². The lowest BCUT2D eigenvalue weighted by molar-refractivity contribution is -0.142. The second-order valence-electron chi connectivity index (χ2n) is 7.11. The van der Waals surface area contributed by atoms with Crippen molar-refractivity contribution in [2.24, 2.45) is 0 Å². The number of aliphatic hydroxyl groups excluding tert-OH is 1. The van der Waals surface area contributed by atoms with E-state index in [9.17, 15) is 19.5 Å². The Morgan fingerprint density at radius 1 is 1.07 bits per heavy atom. The number of ether oxygens (including phenoxy) is 2. The number of carbonyl (C=O) groups excluding carboxylic acids is 2. The molecule has 0 aliphatic carbocycles. The highest BCUT2D eigenvalue weighted by molar-refractivity contribution is 6.46. The molecule has 2 aliphatic rings. The molecule has 154 valence electrons. The van der Waals surface area contributed by atoms with Crippen molar-refractivity contribution in [3.05, 3.63) is 64.7 Å². The summed E-state index contributed by atoms with van der Waals surface area (Å²) in [5, 5.41) is 20.0. The van der Waals surface area contributed by atoms with Crippen LogP contribution >= 0.6 is 0 Å². The van der Waals surface area contributed by atoms with Crippen molar-refractivity contribution in [3.8, 4) is 11.5 Å². The first-order chi connectivity index (χ1) is 14.4. The molecule has 2 aliphatic heterocycles. The Labute approximate surface area is 171 Å². The number of aliphatic carboxylic acids is 1. The Balaban J connectivity index is 1.84. The summed E-state index contributed by atoms with van der Waals surface area (Å²) < 4.78 is 10.7. The van der Waals surface area contributed by atoms with Crippen LogP contribution in [0.3, 0.4) is 0 Å². The number of aliphatic hydroxyl groups is 1. The number of hydrogen-bond acceptors (Lipinski definition) is 6. The lowest BCUT2D eigenvalue weighted by Crippen LogP contribution is -2.31. The molecule has 0 saturated carbocycles. The summed E-state index contributed by atoms with van der Waals surface area (Å²) in [7, 11) is 0. The zero-order valence-electron chi connectivity index (χ0n) is 16.1. The highest BCUT2D eigenvalue weighted by Gasteiger charge is 2.46. The van der Waals surface area contributed by atoms with Crippen LogP contribution in [0.25, 0.3) is 5.76 Å². The molecular formula is C22H19NO7. The summed E-state index contributed by atoms with van der Waals surface area (Å²) in [6.45, 7) is 1.77. The first-order valence-electron chi connectivity index (χ1n) is 9.33. The highest BCUT2D eigenvalue weighted by atomic mass is 16.7. The van der Waals surface area contributed by atoms with Gasteiger partial charge in [0.05, 0.1) is 18.0 Å². The molecule has 30 heavy (non-hydrogen) atoms. The van der Waals surface area contributed by atoms with Crippen LogP contribution in [0, 0.1) is 6.92 Å². The van der Waals surface area contributed by atoms with Crippen LogP contribution in [0.4, 0.5) is 0 Å². The number of benzene rings is 2. The van der Waals surface area contributed by atoms with Crippen molar-refractivity contribution in [1.82, 2.24) is 4.90 Å². The number of amides is 1. The average molecular weight is 409 g/mol. The zero-order chi connectivity index (χ0) is 21.4. The van der Waals surface area contributed by atoms with Crippen LogP contribution < -0.4 is 9.47 Å². The monoisotopic (exact) mass is 409 g/mol. The summed E-state index contributed by atoms with van der Waals surface area (Å²) in [4.78, 5) is 37.8. The van der Waals surface area contributed by atoms with Gasteiger partial charge in [-0.3, -0.25) is 14.4 Å². The Hall–Kier alpha value is -3.81. The maximum absolute atomic E-state index is 12.8. The minimum Gasteiger partial charge on any atom is -0.507 e. The van der Waals surface area contributed by atoms with Gasteiger partial charge in [0.2, 0.25) is 6.79 Å². The van der Waals surface area contributed by atoms with Gasteiger partial charge in [0.15, 0.2) is 11.5 Å². The fourth-order valence-corrected chi connectivity index (χ4v) is 3.62. The third-order valence-electron chi connectivity index (χ3n) is 5.14. The minimum absolute atomic E-state index is 0.0569. The van der Waals surface area contributed by atoms with Crippen LogP contribution in [0.5, 0.6) is 11.5 Å². The van der Waals surface area contributed by atoms with Crippen LogP contribution in [-0.4, -0.2) is 46.1 Å². The van der Waals surface area contributed by atoms with E-state index in [1.54, 1.807) is 42.5 Å². The van der Waals surface area contributed by atoms with Gasteiger partial charge in [0.25, 0.3) is 11.7 Å². The van der Waals surface area contributed by atoms with Crippen molar-refractivity contribution in [2.75, 3.05) is 13.3 Å². The van der Waals surface area contributed by atoms with E-state index < -0.39 is 23.7 Å². The van der Waals surface area contributed by atoms with Crippen molar-refractivity contribution in [3.63, 3.8) is 0 Å². The molecule has 1 amide bonds. The van der Waals surface area contributed by atoms with Gasteiger partial charge < -0.3 is 24.6 Å². The topological polar surface area (TPSA) is 113 Å². The van der Waals surface area contributed by atoms with Crippen LogP contribution in [0.2, 0.25) is 0 Å². The molecule has 0 unspecified atom stereocenters. The molecule has 2 aromatic rings. The van der Waals surface area contributed by atoms with Gasteiger partial charge in [-0.25, -0.2) is 0 Å². The third kappa shape index (κ3) is 3.36. The number of rotatable bonds is 5. The molecule has 8 heteroatoms. The van der Waals surface area contributed by atoms with Crippen molar-refractivity contribution in [1.29, 1.82) is 0 Å². The number of likely N-dealkylation sites (tertiary alicyclic amines) is 1. The maximum atomic E-state index is 12.8. The molecule has 0 aromatic heterocycles. The number of aryl methyl sites for hydroxylation is 1. The predicted molar refractivity (Wildman–Crippen MR) is 105 cm³/mol. The summed E-state index contributed by atoms with van der Waals surface area (Å²) in [5.41, 5.74) is 1.79. The number of hydrogen-bond donors (Lipinski definition) is 2. The lowest BCUT2D eigenvalue weighted by Gasteiger charge is -2.25. The fourth-order valence-electron chi connectivity index (χ4n) is 3.62. The van der Waals surface area contributed by atoms with Crippen LogP contribution in [0.1, 0.15) is 29.2 Å². The minimum atomic E-state index is -1.10. The van der Waals surface area contributed by atoms with Crippen LogP contribution in [-0.2, 0) is 14.4 Å². The molecular weight excluding hydrogens is 390 g/mol. The molecule has 2 N–H and O–H groups in total. The van der Waals surface area contributed by atoms with Crippen molar-refractivity contribution in [2.45, 2.75) is 19.4 Å². The molecule has 2 heterocycles. The van der Waals surface area contributed by atoms with E-state index in [0.29, 0.717) is 22.6 Å². The van der Waals surface area contributed by atoms with Gasteiger partial charge in [0, 0.05) is 12.1 Å². The predicted octanol–water partition coefficient (Wildman–Crippen LogP) is 2.62. The molecule has 0 spiro atoms. The van der Waals surface area contributed by atoms with Gasteiger partial charge in [-0.15, -0.1) is 0 Å². The number of carboxylic acids is 1. The molecule has 1 atom stereocenters. The Morgan fingerprint density at radius 3 is 2.47 bits per heavy atom. The van der Waals surface area contributed by atoms with Gasteiger partial charge in [-0.05, 0) is 24.6 Å². The number of nitrogens with zero attached hydrogens (tertiary/aromatic N) is 1. The second-order valence-corrected chi connectivity index (χ2v) is 7.11. The Bertz CT molecular complexity index is 1070. The second kappa shape index (κ2) is 7.55. The van der Waals surface area contributed by atoms with E-state index >= 15 is 0 Å². The smallest absolute Gasteiger partial charge is 0.305 e. The van der Waals surface area contributed by atoms with Gasteiger partial charge in [0.1, 0.15) is 5.76 Å². The first-order valence-corrected chi connectivity index (χ1v) is 9.33. The molecule has 2 aromatic carbocycles. The summed E-state index contributed by atoms with van der Waals surface area (Å²) >= 11 is 0. The molecule has 0 radical (unpaired) electrons. The number of ketones is 1. The van der Waals surface area contributed by atoms with E-state index in [4.69, 9.17) is 14.6 Å². The number of carbonyl (C=O) groups is 3. The first kappa shape index (κ1) is 19.5. The third-order valence-corrected chi connectivity index (χ3v) is 5.14. The Kier molecular flexibility index (Phi) is 4.91. The highest BCUT2D eigenvalue weighted by Crippen LogP contribution is 2.43. The SMILES string of the molecule is Cc1ccc(C(O)=C2C(=O)C(=O)N(CCC(=O)O)[C@H]2c2ccc3c(c2)OCO3)cc1. The lowest BCUT2D eigenvalue weighted by atomic mass is 9.94. The standard InChI is InChI=1S/C22H19NO7/c1-12-2-4-13(5-3-12)20(26)18-19(14-6-7-15-16(10-14)30-11-29-15)23(9-8-17(24)25)22(28)21(18)27/h2-7,10,19,26H,8-9,11H2,1H3,(H,24,25)/t19-/m0/s1. The molecule has 0 bridgehead atoms. The van der Waals surface area contributed by atoms with Crippen molar-refractivity contribution >= 4 is 23.4 Å². The molecule has 1 fully saturated rings. The van der Waals surface area contributed by atoms with Gasteiger partial charge in [-0.2, -0.15) is 0 Å². The van der Waals surface area contributed by atoms with E-state index in [1.165, 1.54) is 4.90 Å². The van der Waals surface area contributed by atoms with Gasteiger partial charge >= 0.3 is 5.97 Å². The van der Waals surface area contributed by atoms with E-state index in [0.717, 1.165) is 5.56 Å². The van der Waals surface area contributed by atoms with Gasteiger partial charge in [-0.1, -0.05) is 35.9 Å². The average Bonchev–Trinajstić information content (AvgIpc) is 3.29. The maximum Gasteiger partial charge on any atom is 0.305 e. The molecule has 4 rings (SSSR count). The quantitative estimate of drug-likeness (QED) is 0.443. The van der Waals surface area contributed by atoms with Crippen molar-refractivity contribution < 1.29 is 34.1 Å². The number of Topliss-reactive ketones (excluding diaryl/α,β-unsaturated/α-hetero) is 1. The zero-order valence-corrected chi connectivity index (χ0v) is 16.1. The van der Waals surface area contributed by atoms with E-state index in [1.807, 2.05) is 6.92 Å². The summed E-state index contributed by atoms with van der Waals surface area (Å²) in [6, 6.07) is 10.9. The molecule has 8 nitrogen and oxygen atoms in total. The largest absolute Gasteiger partial charge is 0.507 e. The number of carboxylic acid groups (broad SMARTS) is 1. The molecule has 1 saturated heterocycles. The summed E-state index contributed by atoms with van der Waals surface area (Å²) in [5.74, 6) is -2.14. The summed E-state index contributed by atoms with van der Waals surface area (Å²) in [6.07, 6.45) is -0.335. The Morgan fingerprint density at radius 2 is 1.77 bits per heavy atom. The van der Waals surface area contributed by atoms with Crippen LogP contribution in [0.15, 0.2) is 48.0 Å². The van der Waals surface area contributed by atoms with E-state index in [2.05, 4.69) is 0 Å². The fraction of sp³-hybridized carbons (Fsp3) is 0.227. The number of fused-ring (bicyclic) bond motifs is 1.